The minimum atomic E-state index is -0.858. The summed E-state index contributed by atoms with van der Waals surface area (Å²) in [5.74, 6) is 0.298. The number of hydrogen-bond donors (Lipinski definition) is 0. The molecule has 0 spiro atoms. The number of benzene rings is 2. The van der Waals surface area contributed by atoms with Crippen LogP contribution in [0.1, 0.15) is 45.0 Å². The van der Waals surface area contributed by atoms with Crippen LogP contribution in [0.2, 0.25) is 5.02 Å². The molecule has 3 rings (SSSR count). The maximum Gasteiger partial charge on any atom is 0.347 e. The fraction of sp³-hybridized carbons (Fsp3) is 0.304. The molecule has 0 N–H and O–H groups in total. The summed E-state index contributed by atoms with van der Waals surface area (Å²) in [4.78, 5) is 29.9. The third-order valence-corrected chi connectivity index (χ3v) is 5.91. The van der Waals surface area contributed by atoms with E-state index in [0.29, 0.717) is 37.5 Å². The van der Waals surface area contributed by atoms with Crippen molar-refractivity contribution in [2.45, 2.75) is 39.7 Å². The molecule has 1 heterocycles. The lowest BCUT2D eigenvalue weighted by Crippen LogP contribution is -2.26. The highest BCUT2D eigenvalue weighted by molar-refractivity contribution is 9.10. The standard InChI is InChI=1S/C23H22Br2ClN3O4/c1-5-32-23(31)13(4)33-20-14(8-16(26)10-18(20)25)11-27-29-21(12(2)3)28-19-7-6-15(24)9-17(19)22(29)30/h6-13H,5H2,1-4H3/t13-/m1/s1. The SMILES string of the molecule is CCOC(=O)[C@@H](C)Oc1c(Br)cc(Cl)cc1C=Nn1c(C(C)C)nc2ccc(Br)cc2c1=O. The number of carbonyl (C=O) groups is 1. The van der Waals surface area contributed by atoms with Crippen LogP contribution in [0.5, 0.6) is 5.75 Å². The van der Waals surface area contributed by atoms with Crippen LogP contribution in [0, 0.1) is 0 Å². The molecular weight excluding hydrogens is 578 g/mol. The molecule has 0 saturated carbocycles. The first-order valence-corrected chi connectivity index (χ1v) is 12.2. The molecule has 0 unspecified atom stereocenters. The molecule has 0 aliphatic carbocycles. The molecule has 0 saturated heterocycles. The fourth-order valence-corrected chi connectivity index (χ4v) is 4.34. The summed E-state index contributed by atoms with van der Waals surface area (Å²) in [6, 6.07) is 8.62. The first kappa shape index (κ1) is 25.4. The number of carbonyl (C=O) groups excluding carboxylic acids is 1. The lowest BCUT2D eigenvalue weighted by molar-refractivity contribution is -0.150. The van der Waals surface area contributed by atoms with E-state index in [-0.39, 0.29) is 18.1 Å². The Morgan fingerprint density at radius 3 is 2.64 bits per heavy atom. The van der Waals surface area contributed by atoms with E-state index in [0.717, 1.165) is 4.47 Å². The molecule has 0 aliphatic rings. The molecular formula is C23H22Br2ClN3O4. The van der Waals surface area contributed by atoms with E-state index in [4.69, 9.17) is 21.1 Å². The minimum Gasteiger partial charge on any atom is -0.477 e. The Hall–Kier alpha value is -2.23. The summed E-state index contributed by atoms with van der Waals surface area (Å²) in [6.45, 7) is 7.43. The van der Waals surface area contributed by atoms with Crippen molar-refractivity contribution in [1.82, 2.24) is 9.66 Å². The average molecular weight is 600 g/mol. The number of rotatable bonds is 7. The van der Waals surface area contributed by atoms with E-state index in [1.807, 2.05) is 19.9 Å². The van der Waals surface area contributed by atoms with Crippen LogP contribution in [0.4, 0.5) is 0 Å². The number of ether oxygens (including phenoxy) is 2. The second-order valence-electron chi connectivity index (χ2n) is 7.47. The van der Waals surface area contributed by atoms with Gasteiger partial charge in [-0.2, -0.15) is 9.78 Å². The zero-order valence-corrected chi connectivity index (χ0v) is 22.4. The lowest BCUT2D eigenvalue weighted by atomic mass is 10.2. The van der Waals surface area contributed by atoms with Gasteiger partial charge in [-0.15, -0.1) is 0 Å². The number of hydrogen-bond acceptors (Lipinski definition) is 6. The molecule has 0 amide bonds. The van der Waals surface area contributed by atoms with Crippen LogP contribution < -0.4 is 10.3 Å². The highest BCUT2D eigenvalue weighted by atomic mass is 79.9. The van der Waals surface area contributed by atoms with Gasteiger partial charge in [0.25, 0.3) is 5.56 Å². The quantitative estimate of drug-likeness (QED) is 0.249. The Bertz CT molecular complexity index is 1290. The van der Waals surface area contributed by atoms with Gasteiger partial charge in [-0.3, -0.25) is 4.79 Å². The molecule has 0 aliphatic heterocycles. The van der Waals surface area contributed by atoms with E-state index in [1.54, 1.807) is 38.1 Å². The summed E-state index contributed by atoms with van der Waals surface area (Å²) in [5, 5.41) is 5.30. The Kier molecular flexibility index (Phi) is 8.31. The molecule has 3 aromatic rings. The summed E-state index contributed by atoms with van der Waals surface area (Å²) in [7, 11) is 0. The van der Waals surface area contributed by atoms with Gasteiger partial charge in [-0.05, 0) is 60.1 Å². The van der Waals surface area contributed by atoms with E-state index in [2.05, 4.69) is 41.9 Å². The number of halogens is 3. The van der Waals surface area contributed by atoms with Crippen LogP contribution in [0.3, 0.4) is 0 Å². The summed E-state index contributed by atoms with van der Waals surface area (Å²) >= 11 is 13.1. The third-order valence-electron chi connectivity index (χ3n) is 4.61. The average Bonchev–Trinajstić information content (AvgIpc) is 2.75. The van der Waals surface area contributed by atoms with Crippen molar-refractivity contribution in [3.8, 4) is 5.75 Å². The smallest absolute Gasteiger partial charge is 0.347 e. The highest BCUT2D eigenvalue weighted by Crippen LogP contribution is 2.33. The molecule has 1 aromatic heterocycles. The van der Waals surface area contributed by atoms with Crippen molar-refractivity contribution in [3.63, 3.8) is 0 Å². The minimum absolute atomic E-state index is 0.0615. The van der Waals surface area contributed by atoms with Crippen LogP contribution >= 0.6 is 43.5 Å². The molecule has 0 bridgehead atoms. The van der Waals surface area contributed by atoms with E-state index in [1.165, 1.54) is 10.9 Å². The van der Waals surface area contributed by atoms with Gasteiger partial charge >= 0.3 is 5.97 Å². The van der Waals surface area contributed by atoms with Gasteiger partial charge in [0.2, 0.25) is 0 Å². The zero-order chi connectivity index (χ0) is 24.3. The molecule has 7 nitrogen and oxygen atoms in total. The van der Waals surface area contributed by atoms with Gasteiger partial charge in [-0.25, -0.2) is 9.78 Å². The van der Waals surface area contributed by atoms with Gasteiger partial charge in [0, 0.05) is 21.0 Å². The fourth-order valence-electron chi connectivity index (χ4n) is 3.06. The summed E-state index contributed by atoms with van der Waals surface area (Å²) in [5.41, 5.74) is 0.766. The highest BCUT2D eigenvalue weighted by Gasteiger charge is 2.20. The molecule has 174 valence electrons. The Morgan fingerprint density at radius 2 is 1.97 bits per heavy atom. The second-order valence-corrected chi connectivity index (χ2v) is 9.67. The Balaban J connectivity index is 2.11. The third kappa shape index (κ3) is 5.83. The maximum atomic E-state index is 13.2. The van der Waals surface area contributed by atoms with Gasteiger partial charge in [0.1, 0.15) is 11.6 Å². The first-order chi connectivity index (χ1) is 15.6. The largest absolute Gasteiger partial charge is 0.477 e. The monoisotopic (exact) mass is 597 g/mol. The summed E-state index contributed by atoms with van der Waals surface area (Å²) in [6.07, 6.45) is 0.603. The first-order valence-electron chi connectivity index (χ1n) is 10.2. The number of nitrogens with zero attached hydrogens (tertiary/aromatic N) is 3. The van der Waals surface area contributed by atoms with Gasteiger partial charge in [0.15, 0.2) is 6.10 Å². The predicted molar refractivity (Wildman–Crippen MR) is 137 cm³/mol. The normalized spacial score (nSPS) is 12.5. The molecule has 33 heavy (non-hydrogen) atoms. The molecule has 10 heteroatoms. The van der Waals surface area contributed by atoms with Crippen molar-refractivity contribution < 1.29 is 14.3 Å². The van der Waals surface area contributed by atoms with E-state index < -0.39 is 12.1 Å². The van der Waals surface area contributed by atoms with E-state index in [9.17, 15) is 9.59 Å². The van der Waals surface area contributed by atoms with Crippen LogP contribution in [0.25, 0.3) is 10.9 Å². The topological polar surface area (TPSA) is 82.8 Å². The van der Waals surface area contributed by atoms with E-state index >= 15 is 0 Å². The molecule has 1 atom stereocenters. The second kappa shape index (κ2) is 10.8. The van der Waals surface area contributed by atoms with Crippen molar-refractivity contribution in [1.29, 1.82) is 0 Å². The zero-order valence-electron chi connectivity index (χ0n) is 18.4. The maximum absolute atomic E-state index is 13.2. The van der Waals surface area contributed by atoms with Gasteiger partial charge < -0.3 is 9.47 Å². The Morgan fingerprint density at radius 1 is 1.24 bits per heavy atom. The van der Waals surface area contributed by atoms with Crippen molar-refractivity contribution in [2.75, 3.05) is 6.61 Å². The molecule has 0 radical (unpaired) electrons. The molecule has 0 fully saturated rings. The van der Waals surface area contributed by atoms with Crippen molar-refractivity contribution in [3.05, 3.63) is 66.0 Å². The lowest BCUT2D eigenvalue weighted by Gasteiger charge is -2.17. The number of aromatic nitrogens is 2. The predicted octanol–water partition coefficient (Wildman–Crippen LogP) is 5.91. The summed E-state index contributed by atoms with van der Waals surface area (Å²) < 4.78 is 13.4. The van der Waals surface area contributed by atoms with Crippen molar-refractivity contribution in [2.24, 2.45) is 5.10 Å². The van der Waals surface area contributed by atoms with Crippen molar-refractivity contribution >= 4 is 66.5 Å². The van der Waals surface area contributed by atoms with Crippen LogP contribution in [0.15, 0.2) is 49.2 Å². The Labute approximate surface area is 213 Å². The molecule has 2 aromatic carbocycles. The van der Waals surface area contributed by atoms with Crippen LogP contribution in [-0.4, -0.2) is 34.6 Å². The number of esters is 1. The number of fused-ring (bicyclic) bond motifs is 1. The van der Waals surface area contributed by atoms with Gasteiger partial charge in [-0.1, -0.05) is 41.4 Å². The van der Waals surface area contributed by atoms with Gasteiger partial charge in [0.05, 0.1) is 28.2 Å². The van der Waals surface area contributed by atoms with Crippen LogP contribution in [-0.2, 0) is 9.53 Å².